The first kappa shape index (κ1) is 20.9. The van der Waals surface area contributed by atoms with E-state index >= 15 is 0 Å². The van der Waals surface area contributed by atoms with E-state index in [1.54, 1.807) is 0 Å². The molecule has 30 heavy (non-hydrogen) atoms. The van der Waals surface area contributed by atoms with Gasteiger partial charge in [-0.15, -0.1) is 0 Å². The molecule has 2 aromatic carbocycles. The normalized spacial score (nSPS) is 19.8. The van der Waals surface area contributed by atoms with Gasteiger partial charge in [0, 0.05) is 32.7 Å². The molecule has 4 rings (SSSR count). The largest absolute Gasteiger partial charge is 0.390 e. The van der Waals surface area contributed by atoms with Crippen LogP contribution in [0.4, 0.5) is 4.79 Å². The van der Waals surface area contributed by atoms with Crippen molar-refractivity contribution in [1.29, 1.82) is 0 Å². The summed E-state index contributed by atoms with van der Waals surface area (Å²) in [6.45, 7) is 10.3. The Morgan fingerprint density at radius 3 is 2.47 bits per heavy atom. The van der Waals surface area contributed by atoms with Crippen LogP contribution in [-0.4, -0.2) is 63.7 Å². The minimum Gasteiger partial charge on any atom is -0.390 e. The van der Waals surface area contributed by atoms with Gasteiger partial charge in [-0.2, -0.15) is 0 Å². The van der Waals surface area contributed by atoms with E-state index in [1.807, 2.05) is 9.80 Å². The summed E-state index contributed by atoms with van der Waals surface area (Å²) in [6, 6.07) is 16.9. The fourth-order valence-corrected chi connectivity index (χ4v) is 4.69. The first-order valence-electron chi connectivity index (χ1n) is 10.9. The van der Waals surface area contributed by atoms with Crippen LogP contribution in [0.25, 0.3) is 0 Å². The third-order valence-corrected chi connectivity index (χ3v) is 6.38. The van der Waals surface area contributed by atoms with Gasteiger partial charge in [-0.05, 0) is 43.9 Å². The van der Waals surface area contributed by atoms with Crippen LogP contribution < -0.4 is 0 Å². The number of aryl methyl sites for hydroxylation is 1. The maximum Gasteiger partial charge on any atom is 0.320 e. The van der Waals surface area contributed by atoms with E-state index in [4.69, 9.17) is 0 Å². The molecule has 0 aromatic heterocycles. The number of urea groups is 1. The average molecular weight is 408 g/mol. The van der Waals surface area contributed by atoms with Gasteiger partial charge in [-0.1, -0.05) is 54.1 Å². The highest BCUT2D eigenvalue weighted by molar-refractivity contribution is 5.78. The number of β-amino-alcohol motifs (C(OH)–C–C–N with tert-alkyl or cyclic N) is 1. The summed E-state index contributed by atoms with van der Waals surface area (Å²) >= 11 is 0. The van der Waals surface area contributed by atoms with E-state index in [2.05, 4.69) is 74.2 Å². The van der Waals surface area contributed by atoms with Gasteiger partial charge in [0.1, 0.15) is 0 Å². The highest BCUT2D eigenvalue weighted by atomic mass is 16.3. The van der Waals surface area contributed by atoms with Gasteiger partial charge in [-0.25, -0.2) is 4.79 Å². The third-order valence-electron chi connectivity index (χ3n) is 6.38. The van der Waals surface area contributed by atoms with E-state index < -0.39 is 6.10 Å². The van der Waals surface area contributed by atoms with E-state index in [0.29, 0.717) is 26.2 Å². The van der Waals surface area contributed by atoms with Crippen molar-refractivity contribution in [2.24, 2.45) is 0 Å². The van der Waals surface area contributed by atoms with Crippen LogP contribution in [-0.2, 0) is 19.5 Å². The molecule has 5 heteroatoms. The molecule has 0 radical (unpaired) electrons. The zero-order valence-electron chi connectivity index (χ0n) is 18.3. The first-order valence-corrected chi connectivity index (χ1v) is 10.9. The van der Waals surface area contributed by atoms with E-state index in [-0.39, 0.29) is 11.6 Å². The fourth-order valence-electron chi connectivity index (χ4n) is 4.69. The van der Waals surface area contributed by atoms with Crippen LogP contribution >= 0.6 is 0 Å². The maximum absolute atomic E-state index is 13.1. The van der Waals surface area contributed by atoms with Crippen molar-refractivity contribution in [3.05, 3.63) is 70.8 Å². The van der Waals surface area contributed by atoms with E-state index in [1.165, 1.54) is 16.7 Å². The number of rotatable bonds is 6. The number of carbonyl (C=O) groups excluding carboxylic acids is 1. The van der Waals surface area contributed by atoms with Gasteiger partial charge >= 0.3 is 6.03 Å². The number of carbonyl (C=O) groups is 1. The van der Waals surface area contributed by atoms with Crippen molar-refractivity contribution in [3.63, 3.8) is 0 Å². The molecule has 0 saturated carbocycles. The molecule has 1 fully saturated rings. The topological polar surface area (TPSA) is 47.0 Å². The summed E-state index contributed by atoms with van der Waals surface area (Å²) in [6.07, 6.45) is 0.458. The number of aliphatic hydroxyl groups is 1. The Kier molecular flexibility index (Phi) is 5.85. The van der Waals surface area contributed by atoms with Gasteiger partial charge in [0.25, 0.3) is 0 Å². The smallest absolute Gasteiger partial charge is 0.320 e. The van der Waals surface area contributed by atoms with E-state index in [0.717, 1.165) is 25.1 Å². The first-order chi connectivity index (χ1) is 14.3. The fraction of sp³-hybridized carbons (Fsp3) is 0.480. The minimum atomic E-state index is -0.558. The molecule has 0 spiro atoms. The summed E-state index contributed by atoms with van der Waals surface area (Å²) in [4.78, 5) is 19.2. The Morgan fingerprint density at radius 1 is 1.03 bits per heavy atom. The molecule has 0 bridgehead atoms. The molecular formula is C25H33N3O2. The average Bonchev–Trinajstić information content (AvgIpc) is 2.92. The molecule has 1 N–H and O–H groups in total. The van der Waals surface area contributed by atoms with Crippen LogP contribution in [0, 0.1) is 6.92 Å². The Labute approximate surface area is 179 Å². The molecule has 2 amide bonds. The molecule has 1 atom stereocenters. The Balaban J connectivity index is 1.36. The minimum absolute atomic E-state index is 0.0172. The zero-order chi connectivity index (χ0) is 21.3. The molecule has 2 aliphatic heterocycles. The molecule has 2 heterocycles. The van der Waals surface area contributed by atoms with Crippen molar-refractivity contribution >= 4 is 6.03 Å². The second-order valence-corrected chi connectivity index (χ2v) is 9.45. The lowest BCUT2D eigenvalue weighted by Crippen LogP contribution is -2.49. The van der Waals surface area contributed by atoms with Crippen LogP contribution in [0.1, 0.15) is 36.1 Å². The SMILES string of the molecule is Cc1ccc(CN2CC(C)(C)N(CC(O)CN3CCc4ccccc4C3)C2=O)cc1. The van der Waals surface area contributed by atoms with Crippen LogP contribution in [0.3, 0.4) is 0 Å². The number of hydrogen-bond acceptors (Lipinski definition) is 3. The number of amides is 2. The molecular weight excluding hydrogens is 374 g/mol. The summed E-state index contributed by atoms with van der Waals surface area (Å²) in [5.41, 5.74) is 4.82. The van der Waals surface area contributed by atoms with Crippen molar-refractivity contribution in [1.82, 2.24) is 14.7 Å². The third kappa shape index (κ3) is 4.52. The van der Waals surface area contributed by atoms with Crippen LogP contribution in [0.15, 0.2) is 48.5 Å². The Hall–Kier alpha value is -2.37. The van der Waals surface area contributed by atoms with Crippen LogP contribution in [0.2, 0.25) is 0 Å². The predicted molar refractivity (Wildman–Crippen MR) is 119 cm³/mol. The lowest BCUT2D eigenvalue weighted by Gasteiger charge is -2.34. The quantitative estimate of drug-likeness (QED) is 0.798. The van der Waals surface area contributed by atoms with Gasteiger partial charge in [0.2, 0.25) is 0 Å². The summed E-state index contributed by atoms with van der Waals surface area (Å²) < 4.78 is 0. The highest BCUT2D eigenvalue weighted by Crippen LogP contribution is 2.28. The number of aliphatic hydroxyl groups excluding tert-OH is 1. The standard InChI is InChI=1S/C25H33N3O2/c1-19-8-10-20(11-9-19)14-27-18-25(2,3)28(24(27)30)17-23(29)16-26-13-12-21-6-4-5-7-22(21)15-26/h4-11,23,29H,12-18H2,1-3H3. The second-order valence-electron chi connectivity index (χ2n) is 9.45. The summed E-state index contributed by atoms with van der Waals surface area (Å²) in [5.74, 6) is 0. The number of fused-ring (bicyclic) bond motifs is 1. The Bertz CT molecular complexity index is 894. The highest BCUT2D eigenvalue weighted by Gasteiger charge is 2.43. The monoisotopic (exact) mass is 407 g/mol. The zero-order valence-corrected chi connectivity index (χ0v) is 18.3. The van der Waals surface area contributed by atoms with Crippen molar-refractivity contribution < 1.29 is 9.90 Å². The maximum atomic E-state index is 13.1. The molecule has 1 unspecified atom stereocenters. The number of hydrogen-bond donors (Lipinski definition) is 1. The second kappa shape index (κ2) is 8.40. The molecule has 160 valence electrons. The van der Waals surface area contributed by atoms with Crippen molar-refractivity contribution in [2.45, 2.75) is 51.9 Å². The molecule has 1 saturated heterocycles. The molecule has 0 aliphatic carbocycles. The lowest BCUT2D eigenvalue weighted by molar-refractivity contribution is 0.0617. The predicted octanol–water partition coefficient (Wildman–Crippen LogP) is 3.43. The van der Waals surface area contributed by atoms with Crippen molar-refractivity contribution in [3.8, 4) is 0 Å². The van der Waals surface area contributed by atoms with Crippen molar-refractivity contribution in [2.75, 3.05) is 26.2 Å². The number of nitrogens with zero attached hydrogens (tertiary/aromatic N) is 3. The summed E-state index contributed by atoms with van der Waals surface area (Å²) in [5, 5.41) is 10.8. The van der Waals surface area contributed by atoms with Gasteiger partial charge in [0.05, 0.1) is 18.2 Å². The van der Waals surface area contributed by atoms with Gasteiger partial charge in [-0.3, -0.25) is 4.90 Å². The summed E-state index contributed by atoms with van der Waals surface area (Å²) in [7, 11) is 0. The molecule has 2 aliphatic rings. The van der Waals surface area contributed by atoms with Gasteiger partial charge in [0.15, 0.2) is 0 Å². The lowest BCUT2D eigenvalue weighted by atomic mass is 9.99. The Morgan fingerprint density at radius 2 is 1.73 bits per heavy atom. The van der Waals surface area contributed by atoms with Gasteiger partial charge < -0.3 is 14.9 Å². The van der Waals surface area contributed by atoms with Crippen LogP contribution in [0.5, 0.6) is 0 Å². The molecule has 5 nitrogen and oxygen atoms in total. The number of benzene rings is 2. The van der Waals surface area contributed by atoms with E-state index in [9.17, 15) is 9.90 Å². The molecule has 2 aromatic rings.